The number of nitrogens with one attached hydrogen (secondary N) is 1. The highest BCUT2D eigenvalue weighted by atomic mass is 16.5. The lowest BCUT2D eigenvalue weighted by atomic mass is 9.86. The lowest BCUT2D eigenvalue weighted by molar-refractivity contribution is -0.0636. The van der Waals surface area contributed by atoms with Crippen molar-refractivity contribution in [2.75, 3.05) is 6.61 Å². The van der Waals surface area contributed by atoms with Crippen LogP contribution < -0.4 is 10.1 Å². The lowest BCUT2D eigenvalue weighted by Crippen LogP contribution is -2.53. The number of aliphatic hydroxyl groups is 1. The van der Waals surface area contributed by atoms with Crippen LogP contribution in [0.15, 0.2) is 18.2 Å². The van der Waals surface area contributed by atoms with Crippen LogP contribution >= 0.6 is 0 Å². The van der Waals surface area contributed by atoms with Gasteiger partial charge < -0.3 is 19.9 Å². The first-order chi connectivity index (χ1) is 9.89. The Morgan fingerprint density at radius 1 is 1.57 bits per heavy atom. The third-order valence-electron chi connectivity index (χ3n) is 3.42. The molecule has 0 aliphatic carbocycles. The highest BCUT2D eigenvalue weighted by Gasteiger charge is 2.43. The Morgan fingerprint density at radius 3 is 2.90 bits per heavy atom. The zero-order valence-electron chi connectivity index (χ0n) is 12.2. The van der Waals surface area contributed by atoms with Gasteiger partial charge in [-0.15, -0.1) is 0 Å². The summed E-state index contributed by atoms with van der Waals surface area (Å²) in [6.45, 7) is 5.41. The van der Waals surface area contributed by atoms with E-state index in [2.05, 4.69) is 5.32 Å². The average Bonchev–Trinajstić information content (AvgIpc) is 2.43. The van der Waals surface area contributed by atoms with Crippen molar-refractivity contribution >= 4 is 6.09 Å². The summed E-state index contributed by atoms with van der Waals surface area (Å²) in [6.07, 6.45) is -1.59. The van der Waals surface area contributed by atoms with Gasteiger partial charge in [-0.3, -0.25) is 0 Å². The van der Waals surface area contributed by atoms with Crippen LogP contribution in [-0.2, 0) is 4.74 Å². The number of rotatable bonds is 2. The van der Waals surface area contributed by atoms with E-state index in [1.807, 2.05) is 6.07 Å². The monoisotopic (exact) mass is 290 g/mol. The molecule has 1 aliphatic heterocycles. The maximum absolute atomic E-state index is 11.7. The van der Waals surface area contributed by atoms with E-state index in [9.17, 15) is 9.90 Å². The molecule has 0 radical (unpaired) electrons. The van der Waals surface area contributed by atoms with Gasteiger partial charge in [-0.25, -0.2) is 4.79 Å². The number of alkyl carbamates (subject to hydrolysis) is 1. The summed E-state index contributed by atoms with van der Waals surface area (Å²) in [7, 11) is 0. The minimum absolute atomic E-state index is 0.236. The second-order valence-corrected chi connectivity index (χ2v) is 5.36. The Hall–Kier alpha value is -2.26. The number of benzene rings is 1. The van der Waals surface area contributed by atoms with Gasteiger partial charge in [-0.05, 0) is 39.0 Å². The van der Waals surface area contributed by atoms with E-state index in [4.69, 9.17) is 14.7 Å². The van der Waals surface area contributed by atoms with Gasteiger partial charge in [0.2, 0.25) is 0 Å². The largest absolute Gasteiger partial charge is 0.485 e. The number of carbonyl (C=O) groups is 1. The fraction of sp³-hybridized carbons (Fsp3) is 0.467. The number of hydrogen-bond acceptors (Lipinski definition) is 5. The predicted octanol–water partition coefficient (Wildman–Crippen LogP) is 1.88. The first-order valence-electron chi connectivity index (χ1n) is 6.73. The van der Waals surface area contributed by atoms with E-state index in [0.29, 0.717) is 16.9 Å². The predicted molar refractivity (Wildman–Crippen MR) is 74.8 cm³/mol. The summed E-state index contributed by atoms with van der Waals surface area (Å²) in [5.74, 6) is 0.533. The Kier molecular flexibility index (Phi) is 4.05. The summed E-state index contributed by atoms with van der Waals surface area (Å²) >= 11 is 0. The molecule has 2 rings (SSSR count). The van der Waals surface area contributed by atoms with Crippen molar-refractivity contribution in [3.05, 3.63) is 29.3 Å². The fourth-order valence-electron chi connectivity index (χ4n) is 2.33. The number of ether oxygens (including phenoxy) is 2. The van der Waals surface area contributed by atoms with Crippen molar-refractivity contribution in [2.24, 2.45) is 0 Å². The highest BCUT2D eigenvalue weighted by molar-refractivity contribution is 5.68. The van der Waals surface area contributed by atoms with Gasteiger partial charge in [-0.1, -0.05) is 0 Å². The molecular formula is C15H18N2O4. The highest BCUT2D eigenvalue weighted by Crippen LogP contribution is 2.40. The summed E-state index contributed by atoms with van der Waals surface area (Å²) in [5.41, 5.74) is 0.125. The molecule has 0 spiro atoms. The molecule has 0 saturated carbocycles. The minimum Gasteiger partial charge on any atom is -0.485 e. The summed E-state index contributed by atoms with van der Waals surface area (Å²) in [4.78, 5) is 11.7. The Balaban J connectivity index is 2.42. The van der Waals surface area contributed by atoms with E-state index in [1.54, 1.807) is 39.0 Å². The maximum Gasteiger partial charge on any atom is 0.407 e. The van der Waals surface area contributed by atoms with Crippen molar-refractivity contribution in [1.29, 1.82) is 5.26 Å². The van der Waals surface area contributed by atoms with Gasteiger partial charge in [0, 0.05) is 5.56 Å². The molecule has 1 heterocycles. The van der Waals surface area contributed by atoms with Crippen LogP contribution in [-0.4, -0.2) is 29.5 Å². The Labute approximate surface area is 123 Å². The molecule has 6 nitrogen and oxygen atoms in total. The van der Waals surface area contributed by atoms with Gasteiger partial charge in [-0.2, -0.15) is 5.26 Å². The molecule has 1 aromatic carbocycles. The van der Waals surface area contributed by atoms with E-state index < -0.39 is 23.8 Å². The van der Waals surface area contributed by atoms with Gasteiger partial charge in [0.05, 0.1) is 24.3 Å². The Bertz CT molecular complexity index is 592. The maximum atomic E-state index is 11.7. The zero-order chi connectivity index (χ0) is 15.6. The van der Waals surface area contributed by atoms with E-state index in [0.717, 1.165) is 0 Å². The topological polar surface area (TPSA) is 91.6 Å². The number of amides is 1. The van der Waals surface area contributed by atoms with E-state index >= 15 is 0 Å². The summed E-state index contributed by atoms with van der Waals surface area (Å²) in [5, 5.41) is 22.1. The van der Waals surface area contributed by atoms with Crippen molar-refractivity contribution in [3.63, 3.8) is 0 Å². The lowest BCUT2D eigenvalue weighted by Gasteiger charge is -2.42. The number of fused-ring (bicyclic) bond motifs is 1. The number of nitrogens with zero attached hydrogens (tertiary/aromatic N) is 1. The van der Waals surface area contributed by atoms with E-state index in [-0.39, 0.29) is 6.61 Å². The smallest absolute Gasteiger partial charge is 0.407 e. The van der Waals surface area contributed by atoms with Crippen LogP contribution in [0.25, 0.3) is 0 Å². The van der Waals surface area contributed by atoms with Crippen molar-refractivity contribution in [3.8, 4) is 11.8 Å². The first kappa shape index (κ1) is 15.1. The number of nitriles is 1. The van der Waals surface area contributed by atoms with Crippen LogP contribution in [0.1, 0.15) is 37.9 Å². The molecule has 1 amide bonds. The molecule has 2 N–H and O–H groups in total. The molecule has 6 heteroatoms. The molecular weight excluding hydrogens is 272 g/mol. The summed E-state index contributed by atoms with van der Waals surface area (Å²) < 4.78 is 10.6. The molecule has 21 heavy (non-hydrogen) atoms. The van der Waals surface area contributed by atoms with Crippen molar-refractivity contribution < 1.29 is 19.4 Å². The zero-order valence-corrected chi connectivity index (χ0v) is 12.2. The van der Waals surface area contributed by atoms with Crippen LogP contribution in [0.2, 0.25) is 0 Å². The second-order valence-electron chi connectivity index (χ2n) is 5.36. The van der Waals surface area contributed by atoms with Crippen molar-refractivity contribution in [2.45, 2.75) is 38.5 Å². The van der Waals surface area contributed by atoms with Gasteiger partial charge >= 0.3 is 6.09 Å². The van der Waals surface area contributed by atoms with Crippen LogP contribution in [0.5, 0.6) is 5.75 Å². The fourth-order valence-corrected chi connectivity index (χ4v) is 2.33. The number of hydrogen-bond donors (Lipinski definition) is 2. The first-order valence-corrected chi connectivity index (χ1v) is 6.73. The molecule has 0 saturated heterocycles. The van der Waals surface area contributed by atoms with Gasteiger partial charge in [0.1, 0.15) is 17.5 Å². The third-order valence-corrected chi connectivity index (χ3v) is 3.42. The second kappa shape index (κ2) is 5.62. The third kappa shape index (κ3) is 2.93. The molecule has 2 atom stereocenters. The summed E-state index contributed by atoms with van der Waals surface area (Å²) in [6, 6.07) is 6.24. The molecule has 0 aromatic heterocycles. The number of carbonyl (C=O) groups excluding carboxylic acids is 1. The van der Waals surface area contributed by atoms with Gasteiger partial charge in [0.15, 0.2) is 0 Å². The molecule has 0 fully saturated rings. The van der Waals surface area contributed by atoms with Crippen LogP contribution in [0.3, 0.4) is 0 Å². The van der Waals surface area contributed by atoms with Crippen LogP contribution in [0, 0.1) is 11.3 Å². The van der Waals surface area contributed by atoms with Crippen molar-refractivity contribution in [1.82, 2.24) is 5.32 Å². The average molecular weight is 290 g/mol. The molecule has 1 aliphatic rings. The molecule has 112 valence electrons. The number of aliphatic hydroxyl groups excluding tert-OH is 1. The van der Waals surface area contributed by atoms with E-state index in [1.165, 1.54) is 0 Å². The standard InChI is InChI=1S/C15H18N2O4/c1-4-20-14(19)17-12-10-7-9(8-16)5-6-11(10)21-15(2,3)13(12)18/h5-7,12-13,18H,4H2,1-3H3,(H,17,19). The van der Waals surface area contributed by atoms with Gasteiger partial charge in [0.25, 0.3) is 0 Å². The normalized spacial score (nSPS) is 22.4. The molecule has 2 unspecified atom stereocenters. The SMILES string of the molecule is CCOC(=O)NC1c2cc(C#N)ccc2OC(C)(C)C1O. The molecule has 1 aromatic rings. The Morgan fingerprint density at radius 2 is 2.29 bits per heavy atom. The minimum atomic E-state index is -0.969. The van der Waals surface area contributed by atoms with Crippen LogP contribution in [0.4, 0.5) is 4.79 Å². The quantitative estimate of drug-likeness (QED) is 0.867. The molecule has 0 bridgehead atoms.